The molecular weight excluding hydrogens is 246 g/mol. The lowest BCUT2D eigenvalue weighted by atomic mass is 9.74. The van der Waals surface area contributed by atoms with Crippen LogP contribution in [0, 0.1) is 11.8 Å². The summed E-state index contributed by atoms with van der Waals surface area (Å²) in [4.78, 5) is 5.03. The lowest BCUT2D eigenvalue weighted by Crippen LogP contribution is -2.59. The van der Waals surface area contributed by atoms with Crippen LogP contribution >= 0.6 is 0 Å². The van der Waals surface area contributed by atoms with E-state index in [1.807, 2.05) is 0 Å². The summed E-state index contributed by atoms with van der Waals surface area (Å²) in [6.07, 6.45) is 9.66. The number of nitrogens with two attached hydrogens (primary N) is 1. The minimum Gasteiger partial charge on any atom is -0.329 e. The second-order valence-corrected chi connectivity index (χ2v) is 7.72. The zero-order chi connectivity index (χ0) is 14.8. The van der Waals surface area contributed by atoms with Crippen molar-refractivity contribution >= 4 is 0 Å². The number of nitrogens with zero attached hydrogens (tertiary/aromatic N) is 2. The topological polar surface area (TPSA) is 32.5 Å². The van der Waals surface area contributed by atoms with Crippen molar-refractivity contribution in [3.63, 3.8) is 0 Å². The highest BCUT2D eigenvalue weighted by Gasteiger charge is 2.41. The van der Waals surface area contributed by atoms with Crippen LogP contribution in [0.15, 0.2) is 0 Å². The molecule has 0 heterocycles. The van der Waals surface area contributed by atoms with Crippen LogP contribution in [0.3, 0.4) is 0 Å². The van der Waals surface area contributed by atoms with E-state index in [2.05, 4.69) is 37.9 Å². The van der Waals surface area contributed by atoms with E-state index < -0.39 is 0 Å². The van der Waals surface area contributed by atoms with Gasteiger partial charge in [-0.3, -0.25) is 0 Å². The van der Waals surface area contributed by atoms with Gasteiger partial charge in [0.2, 0.25) is 0 Å². The SMILES string of the molecule is CC1CCCC(C(CN)N(C)CC2(N(C)C)CCC2)C1. The van der Waals surface area contributed by atoms with Gasteiger partial charge in [-0.15, -0.1) is 0 Å². The molecule has 0 aromatic rings. The van der Waals surface area contributed by atoms with Crippen LogP contribution in [0.25, 0.3) is 0 Å². The van der Waals surface area contributed by atoms with Crippen molar-refractivity contribution in [2.75, 3.05) is 34.2 Å². The Kier molecular flexibility index (Phi) is 5.49. The first-order valence-corrected chi connectivity index (χ1v) is 8.56. The van der Waals surface area contributed by atoms with Crippen molar-refractivity contribution < 1.29 is 0 Å². The van der Waals surface area contributed by atoms with E-state index in [1.54, 1.807) is 0 Å². The van der Waals surface area contributed by atoms with Crippen molar-refractivity contribution in [3.05, 3.63) is 0 Å². The summed E-state index contributed by atoms with van der Waals surface area (Å²) in [5, 5.41) is 0. The van der Waals surface area contributed by atoms with E-state index in [-0.39, 0.29) is 0 Å². The van der Waals surface area contributed by atoms with Gasteiger partial charge in [0.1, 0.15) is 0 Å². The second kappa shape index (κ2) is 6.76. The van der Waals surface area contributed by atoms with Gasteiger partial charge in [-0.25, -0.2) is 0 Å². The van der Waals surface area contributed by atoms with Crippen molar-refractivity contribution in [3.8, 4) is 0 Å². The maximum absolute atomic E-state index is 6.15. The molecule has 0 bridgehead atoms. The zero-order valence-electron chi connectivity index (χ0n) is 14.1. The molecule has 2 rings (SSSR count). The summed E-state index contributed by atoms with van der Waals surface area (Å²) in [6.45, 7) is 4.41. The summed E-state index contributed by atoms with van der Waals surface area (Å²) < 4.78 is 0. The van der Waals surface area contributed by atoms with Crippen LogP contribution in [-0.2, 0) is 0 Å². The van der Waals surface area contributed by atoms with Crippen molar-refractivity contribution in [1.29, 1.82) is 0 Å². The maximum atomic E-state index is 6.15. The number of hydrogen-bond acceptors (Lipinski definition) is 3. The summed E-state index contributed by atoms with van der Waals surface area (Å²) in [5.41, 5.74) is 6.57. The Hall–Kier alpha value is -0.120. The predicted octanol–water partition coefficient (Wildman–Crippen LogP) is 2.56. The van der Waals surface area contributed by atoms with Gasteiger partial charge in [0, 0.05) is 24.7 Å². The largest absolute Gasteiger partial charge is 0.329 e. The zero-order valence-corrected chi connectivity index (χ0v) is 14.1. The highest BCUT2D eigenvalue weighted by molar-refractivity contribution is 4.99. The third kappa shape index (κ3) is 3.37. The molecule has 0 saturated heterocycles. The minimum atomic E-state index is 0.419. The Morgan fingerprint density at radius 1 is 1.15 bits per heavy atom. The van der Waals surface area contributed by atoms with Crippen LogP contribution in [-0.4, -0.2) is 55.6 Å². The summed E-state index contributed by atoms with van der Waals surface area (Å²) in [7, 11) is 6.79. The number of likely N-dealkylation sites (N-methyl/N-ethyl adjacent to an activating group) is 2. The van der Waals surface area contributed by atoms with Crippen molar-refractivity contribution in [2.24, 2.45) is 17.6 Å². The second-order valence-electron chi connectivity index (χ2n) is 7.72. The van der Waals surface area contributed by atoms with Crippen LogP contribution in [0.4, 0.5) is 0 Å². The van der Waals surface area contributed by atoms with Gasteiger partial charge in [-0.2, -0.15) is 0 Å². The molecule has 2 aliphatic carbocycles. The van der Waals surface area contributed by atoms with Crippen molar-refractivity contribution in [2.45, 2.75) is 63.5 Å². The van der Waals surface area contributed by atoms with Crippen LogP contribution in [0.2, 0.25) is 0 Å². The monoisotopic (exact) mass is 281 g/mol. The summed E-state index contributed by atoms with van der Waals surface area (Å²) in [5.74, 6) is 1.70. The first-order chi connectivity index (χ1) is 9.48. The average molecular weight is 281 g/mol. The Morgan fingerprint density at radius 3 is 2.30 bits per heavy atom. The smallest absolute Gasteiger partial charge is 0.0330 e. The van der Waals surface area contributed by atoms with Gasteiger partial charge in [0.05, 0.1) is 0 Å². The lowest BCUT2D eigenvalue weighted by molar-refractivity contribution is 0.00389. The Labute approximate surface area is 125 Å². The van der Waals surface area contributed by atoms with E-state index in [0.29, 0.717) is 11.6 Å². The van der Waals surface area contributed by atoms with Gasteiger partial charge in [-0.05, 0) is 65.1 Å². The molecule has 0 spiro atoms. The normalized spacial score (nSPS) is 31.4. The summed E-state index contributed by atoms with van der Waals surface area (Å²) >= 11 is 0. The van der Waals surface area contributed by atoms with Gasteiger partial charge >= 0.3 is 0 Å². The van der Waals surface area contributed by atoms with Gasteiger partial charge in [0.15, 0.2) is 0 Å². The Morgan fingerprint density at radius 2 is 1.85 bits per heavy atom. The van der Waals surface area contributed by atoms with E-state index in [1.165, 1.54) is 51.5 Å². The van der Waals surface area contributed by atoms with Gasteiger partial charge < -0.3 is 15.5 Å². The molecule has 0 amide bonds. The first kappa shape index (κ1) is 16.3. The van der Waals surface area contributed by atoms with Crippen LogP contribution in [0.1, 0.15) is 51.9 Å². The van der Waals surface area contributed by atoms with Gasteiger partial charge in [0.25, 0.3) is 0 Å². The lowest BCUT2D eigenvalue weighted by Gasteiger charge is -2.51. The van der Waals surface area contributed by atoms with Crippen LogP contribution < -0.4 is 5.73 Å². The molecule has 0 radical (unpaired) electrons. The number of hydrogen-bond donors (Lipinski definition) is 1. The fourth-order valence-electron chi connectivity index (χ4n) is 4.48. The van der Waals surface area contributed by atoms with E-state index in [4.69, 9.17) is 5.73 Å². The molecule has 118 valence electrons. The van der Waals surface area contributed by atoms with E-state index in [9.17, 15) is 0 Å². The number of rotatable bonds is 6. The molecule has 3 nitrogen and oxygen atoms in total. The predicted molar refractivity (Wildman–Crippen MR) is 86.9 cm³/mol. The fraction of sp³-hybridized carbons (Fsp3) is 1.00. The van der Waals surface area contributed by atoms with E-state index >= 15 is 0 Å². The maximum Gasteiger partial charge on any atom is 0.0330 e. The molecule has 0 aromatic heterocycles. The standard InChI is InChI=1S/C17H35N3/c1-14-7-5-8-15(11-14)16(12-18)20(4)13-17(19(2)3)9-6-10-17/h14-16H,5-13,18H2,1-4H3. The molecule has 0 aliphatic heterocycles. The summed E-state index contributed by atoms with van der Waals surface area (Å²) in [6, 6.07) is 0.579. The molecule has 2 fully saturated rings. The average Bonchev–Trinajstić information content (AvgIpc) is 2.34. The van der Waals surface area contributed by atoms with Crippen LogP contribution in [0.5, 0.6) is 0 Å². The first-order valence-electron chi connectivity index (χ1n) is 8.56. The molecule has 0 aromatic carbocycles. The molecule has 2 saturated carbocycles. The highest BCUT2D eigenvalue weighted by Crippen LogP contribution is 2.38. The van der Waals surface area contributed by atoms with Gasteiger partial charge in [-0.1, -0.05) is 19.8 Å². The molecule has 3 atom stereocenters. The molecular formula is C17H35N3. The third-order valence-electron chi connectivity index (χ3n) is 6.11. The Balaban J connectivity index is 1.96. The molecule has 3 heteroatoms. The van der Waals surface area contributed by atoms with Crippen molar-refractivity contribution in [1.82, 2.24) is 9.80 Å². The highest BCUT2D eigenvalue weighted by atomic mass is 15.2. The Bertz CT molecular complexity index is 299. The molecule has 3 unspecified atom stereocenters. The third-order valence-corrected chi connectivity index (χ3v) is 6.11. The molecule has 20 heavy (non-hydrogen) atoms. The van der Waals surface area contributed by atoms with E-state index in [0.717, 1.165) is 18.4 Å². The molecule has 2 aliphatic rings. The minimum absolute atomic E-state index is 0.419. The quantitative estimate of drug-likeness (QED) is 0.812. The fourth-order valence-corrected chi connectivity index (χ4v) is 4.48. The molecule has 2 N–H and O–H groups in total.